The molecule has 0 spiro atoms. The van der Waals surface area contributed by atoms with Crippen LogP contribution in [0.4, 0.5) is 5.82 Å². The number of anilines is 1. The minimum Gasteiger partial charge on any atom is -0.384 e. The number of carbonyl (C=O) groups is 1. The normalized spacial score (nSPS) is 21.2. The highest BCUT2D eigenvalue weighted by Gasteiger charge is 2.34. The Kier molecular flexibility index (Phi) is 7.91. The number of hydrogen-bond acceptors (Lipinski definition) is 5. The molecule has 1 aromatic heterocycles. The van der Waals surface area contributed by atoms with Crippen molar-refractivity contribution in [3.05, 3.63) is 58.7 Å². The predicted octanol–water partition coefficient (Wildman–Crippen LogP) is 4.94. The summed E-state index contributed by atoms with van der Waals surface area (Å²) < 4.78 is 6.45. The lowest BCUT2D eigenvalue weighted by atomic mass is 9.86. The number of carbonyl (C=O) groups excluding carboxylic acids is 1. The smallest absolute Gasteiger partial charge is 0.225 e. The summed E-state index contributed by atoms with van der Waals surface area (Å²) in [6, 6.07) is 12.1. The number of amides is 1. The molecule has 7 heteroatoms. The number of hydrogen-bond donors (Lipinski definition) is 1. The van der Waals surface area contributed by atoms with Crippen LogP contribution < -0.4 is 5.73 Å². The number of piperidine rings is 2. The lowest BCUT2D eigenvalue weighted by Crippen LogP contribution is -2.46. The highest BCUT2D eigenvalue weighted by atomic mass is 35.5. The molecule has 1 aromatic carbocycles. The number of rotatable bonds is 8. The summed E-state index contributed by atoms with van der Waals surface area (Å²) in [5.74, 6) is 2.22. The molecule has 3 heterocycles. The molecule has 0 radical (unpaired) electrons. The van der Waals surface area contributed by atoms with Crippen molar-refractivity contribution in [3.63, 3.8) is 0 Å². The number of pyridine rings is 1. The number of likely N-dealkylation sites (tertiary alicyclic amines) is 2. The summed E-state index contributed by atoms with van der Waals surface area (Å²) in [5, 5.41) is 0.756. The molecule has 1 amide bonds. The second kappa shape index (κ2) is 11.3. The fraction of sp³-hybridized carbons (Fsp3) is 0.571. The summed E-state index contributed by atoms with van der Waals surface area (Å²) in [4.78, 5) is 21.9. The van der Waals surface area contributed by atoms with Gasteiger partial charge in [-0.1, -0.05) is 23.7 Å². The van der Waals surface area contributed by atoms with E-state index in [0.29, 0.717) is 17.6 Å². The number of nitrogens with zero attached hydrogens (tertiary/aromatic N) is 3. The van der Waals surface area contributed by atoms with Crippen LogP contribution in [0.5, 0.6) is 0 Å². The zero-order valence-electron chi connectivity index (χ0n) is 20.4. The summed E-state index contributed by atoms with van der Waals surface area (Å²) in [6.45, 7) is 5.27. The van der Waals surface area contributed by atoms with E-state index in [1.165, 1.54) is 24.0 Å². The average molecular weight is 497 g/mol. The third kappa shape index (κ3) is 6.54. The fourth-order valence-electron chi connectivity index (χ4n) is 5.55. The van der Waals surface area contributed by atoms with Crippen LogP contribution in [0.25, 0.3) is 0 Å². The number of ether oxygens (including phenoxy) is 1. The van der Waals surface area contributed by atoms with Gasteiger partial charge in [0.2, 0.25) is 5.91 Å². The zero-order valence-corrected chi connectivity index (χ0v) is 21.2. The molecule has 1 saturated carbocycles. The van der Waals surface area contributed by atoms with Crippen molar-refractivity contribution < 1.29 is 9.53 Å². The van der Waals surface area contributed by atoms with E-state index in [1.807, 2.05) is 24.3 Å². The molecule has 2 aliphatic heterocycles. The van der Waals surface area contributed by atoms with Crippen LogP contribution in [-0.2, 0) is 16.1 Å². The molecular weight excluding hydrogens is 460 g/mol. The molecule has 2 N–H and O–H groups in total. The van der Waals surface area contributed by atoms with Gasteiger partial charge in [0.05, 0.1) is 12.7 Å². The number of nitrogens with two attached hydrogens (primary N) is 1. The third-order valence-corrected chi connectivity index (χ3v) is 8.13. The predicted molar refractivity (Wildman–Crippen MR) is 139 cm³/mol. The monoisotopic (exact) mass is 496 g/mol. The minimum atomic E-state index is 0.0931. The SMILES string of the molecule is Nc1cc(CN2CCC(C(=O)N3CCC(C(OCC4CC4)c4ccc(Cl)cc4)CC3)CC2)ccn1. The average Bonchev–Trinajstić information content (AvgIpc) is 3.70. The van der Waals surface area contributed by atoms with Gasteiger partial charge in [0.15, 0.2) is 0 Å². The van der Waals surface area contributed by atoms with Gasteiger partial charge in [0.25, 0.3) is 0 Å². The summed E-state index contributed by atoms with van der Waals surface area (Å²) in [5.41, 5.74) is 8.21. The second-order valence-electron chi connectivity index (χ2n) is 10.6. The van der Waals surface area contributed by atoms with Gasteiger partial charge < -0.3 is 15.4 Å². The van der Waals surface area contributed by atoms with E-state index in [-0.39, 0.29) is 12.0 Å². The Bertz CT molecular complexity index is 981. The third-order valence-electron chi connectivity index (χ3n) is 7.87. The molecule has 35 heavy (non-hydrogen) atoms. The van der Waals surface area contributed by atoms with Crippen LogP contribution in [0.1, 0.15) is 55.8 Å². The molecule has 1 aliphatic carbocycles. The largest absolute Gasteiger partial charge is 0.384 e. The molecule has 2 saturated heterocycles. The van der Waals surface area contributed by atoms with Gasteiger partial charge in [-0.25, -0.2) is 4.98 Å². The summed E-state index contributed by atoms with van der Waals surface area (Å²) >= 11 is 6.13. The van der Waals surface area contributed by atoms with Gasteiger partial charge in [0, 0.05) is 36.8 Å². The number of benzene rings is 1. The molecule has 3 fully saturated rings. The first-order valence-electron chi connectivity index (χ1n) is 13.1. The Hall–Kier alpha value is -2.15. The van der Waals surface area contributed by atoms with E-state index in [4.69, 9.17) is 22.1 Å². The fourth-order valence-corrected chi connectivity index (χ4v) is 5.68. The summed E-state index contributed by atoms with van der Waals surface area (Å²) in [6.07, 6.45) is 8.27. The van der Waals surface area contributed by atoms with Gasteiger partial charge in [-0.3, -0.25) is 9.69 Å². The standard InChI is InChI=1S/C28H37ClN4O2/c29-25-5-3-22(4-6-25)27(35-19-20-1-2-20)23-10-15-33(16-11-23)28(34)24-8-13-32(14-9-24)18-21-7-12-31-26(30)17-21/h3-7,12,17,20,23-24,27H,1-2,8-11,13-16,18-19H2,(H2,30,31). The molecule has 5 rings (SSSR count). The minimum absolute atomic E-state index is 0.0931. The first kappa shape index (κ1) is 24.5. The van der Waals surface area contributed by atoms with Crippen LogP contribution in [0.3, 0.4) is 0 Å². The van der Waals surface area contributed by atoms with Crippen LogP contribution in [0.2, 0.25) is 5.02 Å². The molecule has 6 nitrogen and oxygen atoms in total. The van der Waals surface area contributed by atoms with E-state index in [9.17, 15) is 4.79 Å². The Morgan fingerprint density at radius 1 is 1.03 bits per heavy atom. The highest BCUT2D eigenvalue weighted by molar-refractivity contribution is 6.30. The maximum Gasteiger partial charge on any atom is 0.225 e. The Morgan fingerprint density at radius 2 is 1.74 bits per heavy atom. The lowest BCUT2D eigenvalue weighted by molar-refractivity contribution is -0.139. The lowest BCUT2D eigenvalue weighted by Gasteiger charge is -2.39. The molecular formula is C28H37ClN4O2. The van der Waals surface area contributed by atoms with Crippen molar-refractivity contribution in [1.29, 1.82) is 0 Å². The van der Waals surface area contributed by atoms with Crippen molar-refractivity contribution >= 4 is 23.3 Å². The topological polar surface area (TPSA) is 71.7 Å². The second-order valence-corrected chi connectivity index (χ2v) is 11.0. The summed E-state index contributed by atoms with van der Waals surface area (Å²) in [7, 11) is 0. The van der Waals surface area contributed by atoms with Crippen LogP contribution >= 0.6 is 11.6 Å². The van der Waals surface area contributed by atoms with Crippen LogP contribution in [-0.4, -0.2) is 53.5 Å². The Balaban J connectivity index is 1.11. The maximum absolute atomic E-state index is 13.3. The molecule has 0 bridgehead atoms. The Morgan fingerprint density at radius 3 is 2.40 bits per heavy atom. The van der Waals surface area contributed by atoms with Crippen LogP contribution in [0, 0.1) is 17.8 Å². The number of aromatic nitrogens is 1. The molecule has 3 aliphatic rings. The number of nitrogen functional groups attached to an aromatic ring is 1. The van der Waals surface area contributed by atoms with E-state index < -0.39 is 0 Å². The van der Waals surface area contributed by atoms with Crippen molar-refractivity contribution in [3.8, 4) is 0 Å². The van der Waals surface area contributed by atoms with Crippen molar-refractivity contribution in [1.82, 2.24) is 14.8 Å². The van der Waals surface area contributed by atoms with Gasteiger partial charge in [-0.05, 0) is 98.8 Å². The molecule has 188 valence electrons. The zero-order chi connectivity index (χ0) is 24.2. The first-order chi connectivity index (χ1) is 17.0. The maximum atomic E-state index is 13.3. The molecule has 1 atom stereocenters. The van der Waals surface area contributed by atoms with E-state index in [0.717, 1.165) is 76.0 Å². The number of halogens is 1. The first-order valence-corrected chi connectivity index (χ1v) is 13.5. The van der Waals surface area contributed by atoms with Crippen molar-refractivity contribution in [2.24, 2.45) is 17.8 Å². The quantitative estimate of drug-likeness (QED) is 0.560. The van der Waals surface area contributed by atoms with Gasteiger partial charge in [0.1, 0.15) is 5.82 Å². The van der Waals surface area contributed by atoms with E-state index in [2.05, 4.69) is 26.9 Å². The van der Waals surface area contributed by atoms with Crippen molar-refractivity contribution in [2.45, 2.75) is 51.2 Å². The van der Waals surface area contributed by atoms with Gasteiger partial charge >= 0.3 is 0 Å². The van der Waals surface area contributed by atoms with Gasteiger partial charge in [-0.15, -0.1) is 0 Å². The molecule has 2 aromatic rings. The highest BCUT2D eigenvalue weighted by Crippen LogP contribution is 2.38. The van der Waals surface area contributed by atoms with Crippen LogP contribution in [0.15, 0.2) is 42.6 Å². The molecule has 1 unspecified atom stereocenters. The van der Waals surface area contributed by atoms with E-state index >= 15 is 0 Å². The Labute approximate surface area is 213 Å². The van der Waals surface area contributed by atoms with E-state index in [1.54, 1.807) is 6.20 Å². The van der Waals surface area contributed by atoms with Gasteiger partial charge in [-0.2, -0.15) is 0 Å². The van der Waals surface area contributed by atoms with Crippen molar-refractivity contribution in [2.75, 3.05) is 38.5 Å².